The Morgan fingerprint density at radius 2 is 1.04 bits per heavy atom. The van der Waals surface area contributed by atoms with E-state index >= 15 is 0 Å². The SMILES string of the molecule is FC(F)(F)C1(C(F)(F)F)N=C(N2CCOCC2)OC(N2CCOCC2)=N1. The third-order valence-electron chi connectivity index (χ3n) is 4.05. The largest absolute Gasteiger partial charge is 0.443 e. The van der Waals surface area contributed by atoms with Gasteiger partial charge in [-0.2, -0.15) is 36.3 Å². The molecule has 3 heterocycles. The van der Waals surface area contributed by atoms with Crippen LogP contribution in [-0.4, -0.2) is 92.5 Å². The van der Waals surface area contributed by atoms with E-state index in [4.69, 9.17) is 14.2 Å². The van der Waals surface area contributed by atoms with E-state index in [1.54, 1.807) is 0 Å². The minimum atomic E-state index is -5.79. The van der Waals surface area contributed by atoms with Crippen molar-refractivity contribution in [1.29, 1.82) is 0 Å². The zero-order valence-electron chi connectivity index (χ0n) is 13.4. The van der Waals surface area contributed by atoms with Gasteiger partial charge in [0.1, 0.15) is 0 Å². The van der Waals surface area contributed by atoms with Crippen molar-refractivity contribution in [3.63, 3.8) is 0 Å². The van der Waals surface area contributed by atoms with Crippen molar-refractivity contribution < 1.29 is 40.6 Å². The van der Waals surface area contributed by atoms with Gasteiger partial charge in [0, 0.05) is 26.2 Å². The number of aliphatic imine (C=N–C) groups is 2. The molecule has 0 aromatic heterocycles. The Morgan fingerprint density at radius 3 is 1.35 bits per heavy atom. The Bertz CT molecular complexity index is 529. The molecular weight excluding hydrogens is 374 g/mol. The molecule has 0 aliphatic carbocycles. The van der Waals surface area contributed by atoms with E-state index in [0.717, 1.165) is 0 Å². The molecule has 3 rings (SSSR count). The Kier molecular flexibility index (Phi) is 4.94. The quantitative estimate of drug-likeness (QED) is 0.582. The first kappa shape index (κ1) is 19.0. The van der Waals surface area contributed by atoms with Gasteiger partial charge in [-0.25, -0.2) is 0 Å². The van der Waals surface area contributed by atoms with Crippen molar-refractivity contribution in [2.75, 3.05) is 52.6 Å². The fourth-order valence-electron chi connectivity index (χ4n) is 2.62. The first-order valence-corrected chi connectivity index (χ1v) is 7.80. The Balaban J connectivity index is 2.04. The van der Waals surface area contributed by atoms with Crippen LogP contribution in [0.3, 0.4) is 0 Å². The molecule has 0 N–H and O–H groups in total. The van der Waals surface area contributed by atoms with Crippen LogP contribution in [0.2, 0.25) is 0 Å². The number of amidine groups is 2. The molecule has 0 spiro atoms. The van der Waals surface area contributed by atoms with E-state index in [1.807, 2.05) is 0 Å². The number of morpholine rings is 2. The predicted octanol–water partition coefficient (Wildman–Crippen LogP) is 1.21. The second-order valence-corrected chi connectivity index (χ2v) is 5.76. The number of hydrogen-bond acceptors (Lipinski definition) is 7. The van der Waals surface area contributed by atoms with E-state index in [9.17, 15) is 26.3 Å². The average molecular weight is 390 g/mol. The van der Waals surface area contributed by atoms with Gasteiger partial charge < -0.3 is 24.0 Å². The van der Waals surface area contributed by atoms with Gasteiger partial charge in [0.2, 0.25) is 0 Å². The molecule has 2 fully saturated rings. The van der Waals surface area contributed by atoms with Crippen LogP contribution < -0.4 is 0 Å². The van der Waals surface area contributed by atoms with Crippen LogP contribution in [0, 0.1) is 0 Å². The van der Waals surface area contributed by atoms with E-state index < -0.39 is 30.1 Å². The third kappa shape index (κ3) is 3.41. The average Bonchev–Trinajstić information content (AvgIpc) is 2.61. The van der Waals surface area contributed by atoms with Gasteiger partial charge in [-0.3, -0.25) is 0 Å². The molecule has 0 aromatic rings. The van der Waals surface area contributed by atoms with Gasteiger partial charge in [0.05, 0.1) is 26.4 Å². The summed E-state index contributed by atoms with van der Waals surface area (Å²) >= 11 is 0. The maximum atomic E-state index is 13.5. The molecule has 2 saturated heterocycles. The maximum absolute atomic E-state index is 13.5. The van der Waals surface area contributed by atoms with Gasteiger partial charge in [-0.1, -0.05) is 0 Å². The number of rotatable bonds is 0. The summed E-state index contributed by atoms with van der Waals surface area (Å²) in [6.45, 7) is 0.772. The maximum Gasteiger partial charge on any atom is 0.443 e. The minimum Gasteiger partial charge on any atom is -0.392 e. The van der Waals surface area contributed by atoms with Crippen molar-refractivity contribution >= 4 is 12.0 Å². The van der Waals surface area contributed by atoms with Crippen molar-refractivity contribution in [3.05, 3.63) is 0 Å². The monoisotopic (exact) mass is 390 g/mol. The van der Waals surface area contributed by atoms with Crippen LogP contribution in [-0.2, 0) is 14.2 Å². The standard InChI is InChI=1S/C13H16F6N4O3/c14-12(15,16)11(13(17,18)19)20-9(22-1-5-24-6-2-22)26-10(21-11)23-3-7-25-8-4-23/h1-8H2. The Labute approximate surface area is 144 Å². The zero-order valence-corrected chi connectivity index (χ0v) is 13.4. The molecule has 0 bridgehead atoms. The summed E-state index contributed by atoms with van der Waals surface area (Å²) in [4.78, 5) is 8.16. The highest BCUT2D eigenvalue weighted by atomic mass is 19.4. The van der Waals surface area contributed by atoms with Crippen LogP contribution in [0.5, 0.6) is 0 Å². The molecule has 0 atom stereocenters. The second-order valence-electron chi connectivity index (χ2n) is 5.76. The molecule has 7 nitrogen and oxygen atoms in total. The van der Waals surface area contributed by atoms with Gasteiger partial charge in [-0.05, 0) is 0 Å². The summed E-state index contributed by atoms with van der Waals surface area (Å²) in [7, 11) is 0. The molecular formula is C13H16F6N4O3. The summed E-state index contributed by atoms with van der Waals surface area (Å²) in [5.74, 6) is 0. The molecule has 0 radical (unpaired) electrons. The van der Waals surface area contributed by atoms with Gasteiger partial charge in [0.15, 0.2) is 0 Å². The molecule has 148 valence electrons. The molecule has 13 heteroatoms. The number of hydrogen-bond donors (Lipinski definition) is 0. The highest BCUT2D eigenvalue weighted by molar-refractivity contribution is 5.91. The van der Waals surface area contributed by atoms with Crippen LogP contribution in [0.4, 0.5) is 26.3 Å². The smallest absolute Gasteiger partial charge is 0.392 e. The third-order valence-corrected chi connectivity index (χ3v) is 4.05. The lowest BCUT2D eigenvalue weighted by Crippen LogP contribution is -2.60. The molecule has 3 aliphatic rings. The summed E-state index contributed by atoms with van der Waals surface area (Å²) in [5, 5.41) is 0. The van der Waals surface area contributed by atoms with Crippen molar-refractivity contribution in [3.8, 4) is 0 Å². The van der Waals surface area contributed by atoms with Crippen LogP contribution >= 0.6 is 0 Å². The lowest BCUT2D eigenvalue weighted by molar-refractivity contribution is -0.294. The van der Waals surface area contributed by atoms with Gasteiger partial charge in [0.25, 0.3) is 12.0 Å². The van der Waals surface area contributed by atoms with E-state index in [2.05, 4.69) is 9.98 Å². The summed E-state index contributed by atoms with van der Waals surface area (Å²) in [6, 6.07) is -1.53. The highest BCUT2D eigenvalue weighted by Gasteiger charge is 2.74. The lowest BCUT2D eigenvalue weighted by atomic mass is 10.1. The molecule has 0 aromatic carbocycles. The summed E-state index contributed by atoms with van der Waals surface area (Å²) < 4.78 is 96.4. The molecule has 0 unspecified atom stereocenters. The van der Waals surface area contributed by atoms with Gasteiger partial charge in [-0.15, -0.1) is 0 Å². The minimum absolute atomic E-state index is 0.0566. The molecule has 0 saturated carbocycles. The van der Waals surface area contributed by atoms with E-state index in [-0.39, 0.29) is 52.6 Å². The van der Waals surface area contributed by atoms with Gasteiger partial charge >= 0.3 is 18.0 Å². The topological polar surface area (TPSA) is 58.9 Å². The van der Waals surface area contributed by atoms with E-state index in [1.165, 1.54) is 9.80 Å². The number of nitrogens with zero attached hydrogens (tertiary/aromatic N) is 4. The Morgan fingerprint density at radius 1 is 0.692 bits per heavy atom. The fraction of sp³-hybridized carbons (Fsp3) is 0.846. The first-order chi connectivity index (χ1) is 12.1. The predicted molar refractivity (Wildman–Crippen MR) is 75.6 cm³/mol. The Hall–Kier alpha value is -1.76. The van der Waals surface area contributed by atoms with Crippen molar-refractivity contribution in [1.82, 2.24) is 9.80 Å². The normalized spacial score (nSPS) is 24.7. The molecule has 0 amide bonds. The first-order valence-electron chi connectivity index (χ1n) is 7.80. The van der Waals surface area contributed by atoms with Crippen LogP contribution in [0.25, 0.3) is 0 Å². The second kappa shape index (κ2) is 6.76. The number of alkyl halides is 6. The zero-order chi connectivity index (χ0) is 19.0. The molecule has 26 heavy (non-hydrogen) atoms. The lowest BCUT2D eigenvalue weighted by Gasteiger charge is -2.39. The fourth-order valence-corrected chi connectivity index (χ4v) is 2.62. The highest BCUT2D eigenvalue weighted by Crippen LogP contribution is 2.48. The molecule has 3 aliphatic heterocycles. The van der Waals surface area contributed by atoms with Crippen LogP contribution in [0.1, 0.15) is 0 Å². The number of ether oxygens (including phenoxy) is 3. The van der Waals surface area contributed by atoms with Crippen molar-refractivity contribution in [2.24, 2.45) is 9.98 Å². The number of halogens is 6. The summed E-state index contributed by atoms with van der Waals surface area (Å²) in [6.07, 6.45) is -11.6. The summed E-state index contributed by atoms with van der Waals surface area (Å²) in [5.41, 5.74) is -4.61. The van der Waals surface area contributed by atoms with Crippen LogP contribution in [0.15, 0.2) is 9.98 Å². The van der Waals surface area contributed by atoms with E-state index in [0.29, 0.717) is 0 Å². The van der Waals surface area contributed by atoms with Crippen molar-refractivity contribution in [2.45, 2.75) is 18.0 Å².